The van der Waals surface area contributed by atoms with Crippen LogP contribution in [0.4, 0.5) is 19.1 Å². The molecular formula is C13H12F3N3O. The molecule has 20 heavy (non-hydrogen) atoms. The number of hydrogen-bond acceptors (Lipinski definition) is 4. The summed E-state index contributed by atoms with van der Waals surface area (Å²) in [5.74, 6) is 0.0435. The zero-order chi connectivity index (χ0) is 14.8. The third kappa shape index (κ3) is 3.37. The van der Waals surface area contributed by atoms with Gasteiger partial charge in [-0.2, -0.15) is 0 Å². The van der Waals surface area contributed by atoms with Crippen molar-refractivity contribution in [3.05, 3.63) is 36.0 Å². The van der Waals surface area contributed by atoms with E-state index in [0.29, 0.717) is 17.3 Å². The molecule has 0 aliphatic rings. The van der Waals surface area contributed by atoms with Gasteiger partial charge in [-0.3, -0.25) is 0 Å². The van der Waals surface area contributed by atoms with Crippen LogP contribution >= 0.6 is 0 Å². The third-order valence-electron chi connectivity index (χ3n) is 2.47. The minimum atomic E-state index is -4.75. The molecule has 0 amide bonds. The van der Waals surface area contributed by atoms with Crippen LogP contribution in [-0.2, 0) is 0 Å². The number of nitrogens with zero attached hydrogens (tertiary/aromatic N) is 2. The monoisotopic (exact) mass is 283 g/mol. The summed E-state index contributed by atoms with van der Waals surface area (Å²) in [5, 5.41) is 2.76. The van der Waals surface area contributed by atoms with Crippen LogP contribution in [0.15, 0.2) is 30.3 Å². The van der Waals surface area contributed by atoms with Gasteiger partial charge in [0.1, 0.15) is 5.75 Å². The van der Waals surface area contributed by atoms with Crippen molar-refractivity contribution in [3.63, 3.8) is 0 Å². The lowest BCUT2D eigenvalue weighted by Gasteiger charge is -2.13. The first kappa shape index (κ1) is 14.1. The summed E-state index contributed by atoms with van der Waals surface area (Å²) >= 11 is 0. The smallest absolute Gasteiger partial charge is 0.405 e. The molecule has 1 aromatic heterocycles. The average molecular weight is 283 g/mol. The highest BCUT2D eigenvalue weighted by molar-refractivity contribution is 5.68. The van der Waals surface area contributed by atoms with E-state index in [1.54, 1.807) is 26.1 Å². The second-order valence-electron chi connectivity index (χ2n) is 4.01. The molecule has 1 N–H and O–H groups in total. The maximum atomic E-state index is 12.4. The fourth-order valence-corrected chi connectivity index (χ4v) is 1.71. The van der Waals surface area contributed by atoms with E-state index in [1.165, 1.54) is 18.2 Å². The van der Waals surface area contributed by atoms with Gasteiger partial charge in [-0.15, -0.1) is 13.2 Å². The number of ether oxygens (including phenoxy) is 1. The molecule has 0 saturated carbocycles. The van der Waals surface area contributed by atoms with E-state index in [4.69, 9.17) is 0 Å². The van der Waals surface area contributed by atoms with Gasteiger partial charge in [-0.05, 0) is 25.1 Å². The number of anilines is 1. The predicted octanol–water partition coefficient (Wildman–Crippen LogP) is 3.39. The van der Waals surface area contributed by atoms with Gasteiger partial charge < -0.3 is 10.1 Å². The van der Waals surface area contributed by atoms with Gasteiger partial charge >= 0.3 is 6.36 Å². The molecule has 0 bridgehead atoms. The fraction of sp³-hybridized carbons (Fsp3) is 0.231. The Bertz CT molecular complexity index is 614. The van der Waals surface area contributed by atoms with Crippen molar-refractivity contribution >= 4 is 5.95 Å². The molecule has 4 nitrogen and oxygen atoms in total. The maximum absolute atomic E-state index is 12.4. The summed E-state index contributed by atoms with van der Waals surface area (Å²) in [7, 11) is 1.64. The van der Waals surface area contributed by atoms with E-state index in [2.05, 4.69) is 20.0 Å². The van der Waals surface area contributed by atoms with Crippen molar-refractivity contribution in [2.75, 3.05) is 12.4 Å². The van der Waals surface area contributed by atoms with Gasteiger partial charge in [0.2, 0.25) is 5.95 Å². The molecule has 1 aromatic carbocycles. The zero-order valence-corrected chi connectivity index (χ0v) is 10.8. The molecule has 0 unspecified atom stereocenters. The quantitative estimate of drug-likeness (QED) is 0.938. The van der Waals surface area contributed by atoms with Crippen LogP contribution in [0.2, 0.25) is 0 Å². The molecule has 0 aliphatic carbocycles. The Kier molecular flexibility index (Phi) is 3.78. The third-order valence-corrected chi connectivity index (χ3v) is 2.47. The first-order valence-electron chi connectivity index (χ1n) is 5.77. The van der Waals surface area contributed by atoms with Crippen LogP contribution in [0.5, 0.6) is 5.75 Å². The van der Waals surface area contributed by atoms with Crippen LogP contribution in [0.1, 0.15) is 5.69 Å². The molecule has 0 saturated heterocycles. The largest absolute Gasteiger partial charge is 0.573 e. The van der Waals surface area contributed by atoms with Crippen LogP contribution in [0.3, 0.4) is 0 Å². The lowest BCUT2D eigenvalue weighted by Crippen LogP contribution is -2.17. The summed E-state index contributed by atoms with van der Waals surface area (Å²) < 4.78 is 41.2. The number of rotatable bonds is 3. The molecule has 0 aliphatic heterocycles. The Morgan fingerprint density at radius 3 is 2.50 bits per heavy atom. The number of nitrogens with one attached hydrogen (secondary N) is 1. The lowest BCUT2D eigenvalue weighted by molar-refractivity contribution is -0.274. The van der Waals surface area contributed by atoms with E-state index < -0.39 is 6.36 Å². The van der Waals surface area contributed by atoms with Crippen molar-refractivity contribution in [2.24, 2.45) is 0 Å². The van der Waals surface area contributed by atoms with Crippen molar-refractivity contribution in [1.29, 1.82) is 0 Å². The molecule has 2 aromatic rings. The summed E-state index contributed by atoms with van der Waals surface area (Å²) in [4.78, 5) is 8.24. The topological polar surface area (TPSA) is 47.0 Å². The van der Waals surface area contributed by atoms with Gasteiger partial charge in [0.25, 0.3) is 0 Å². The number of para-hydroxylation sites is 1. The number of hydrogen-bond donors (Lipinski definition) is 1. The molecular weight excluding hydrogens is 271 g/mol. The number of aryl methyl sites for hydroxylation is 1. The Morgan fingerprint density at radius 1 is 1.15 bits per heavy atom. The van der Waals surface area contributed by atoms with Crippen LogP contribution in [0, 0.1) is 6.92 Å². The van der Waals surface area contributed by atoms with Crippen LogP contribution in [0.25, 0.3) is 11.3 Å². The SMILES string of the molecule is CNc1nc(C)cc(-c2ccccc2OC(F)(F)F)n1. The predicted molar refractivity (Wildman–Crippen MR) is 68.4 cm³/mol. The van der Waals surface area contributed by atoms with Gasteiger partial charge in [0, 0.05) is 18.3 Å². The molecule has 2 rings (SSSR count). The fourth-order valence-electron chi connectivity index (χ4n) is 1.71. The molecule has 0 fully saturated rings. The normalized spacial score (nSPS) is 11.2. The summed E-state index contributed by atoms with van der Waals surface area (Å²) in [6, 6.07) is 7.45. The van der Waals surface area contributed by atoms with E-state index in [-0.39, 0.29) is 11.3 Å². The number of benzene rings is 1. The van der Waals surface area contributed by atoms with Gasteiger partial charge in [-0.25, -0.2) is 9.97 Å². The Hall–Kier alpha value is -2.31. The summed E-state index contributed by atoms with van der Waals surface area (Å²) in [6.45, 7) is 1.74. The van der Waals surface area contributed by atoms with Crippen molar-refractivity contribution in [3.8, 4) is 17.0 Å². The highest BCUT2D eigenvalue weighted by Gasteiger charge is 2.32. The van der Waals surface area contributed by atoms with E-state index in [9.17, 15) is 13.2 Å². The Morgan fingerprint density at radius 2 is 1.85 bits per heavy atom. The van der Waals surface area contributed by atoms with Crippen LogP contribution < -0.4 is 10.1 Å². The Balaban J connectivity index is 2.50. The molecule has 0 atom stereocenters. The summed E-state index contributed by atoms with van der Waals surface area (Å²) in [6.07, 6.45) is -4.75. The molecule has 0 radical (unpaired) electrons. The standard InChI is InChI=1S/C13H12F3N3O/c1-8-7-10(19-12(17-2)18-8)9-5-3-4-6-11(9)20-13(14,15)16/h3-7H,1-2H3,(H,17,18,19). The Labute approximate surface area is 113 Å². The minimum absolute atomic E-state index is 0.256. The van der Waals surface area contributed by atoms with Gasteiger partial charge in [0.05, 0.1) is 5.69 Å². The molecule has 7 heteroatoms. The minimum Gasteiger partial charge on any atom is -0.405 e. The summed E-state index contributed by atoms with van der Waals surface area (Å²) in [5.41, 5.74) is 1.26. The van der Waals surface area contributed by atoms with E-state index in [0.717, 1.165) is 0 Å². The van der Waals surface area contributed by atoms with Gasteiger partial charge in [0.15, 0.2) is 0 Å². The van der Waals surface area contributed by atoms with Crippen LogP contribution in [-0.4, -0.2) is 23.4 Å². The lowest BCUT2D eigenvalue weighted by atomic mass is 10.1. The average Bonchev–Trinajstić information content (AvgIpc) is 2.36. The van der Waals surface area contributed by atoms with E-state index >= 15 is 0 Å². The highest BCUT2D eigenvalue weighted by Crippen LogP contribution is 2.33. The second-order valence-corrected chi connectivity index (χ2v) is 4.01. The van der Waals surface area contributed by atoms with Gasteiger partial charge in [-0.1, -0.05) is 12.1 Å². The van der Waals surface area contributed by atoms with Crippen molar-refractivity contribution in [1.82, 2.24) is 9.97 Å². The molecule has 106 valence electrons. The number of aromatic nitrogens is 2. The maximum Gasteiger partial charge on any atom is 0.573 e. The first-order valence-corrected chi connectivity index (χ1v) is 5.77. The van der Waals surface area contributed by atoms with E-state index in [1.807, 2.05) is 0 Å². The molecule has 0 spiro atoms. The number of alkyl halides is 3. The first-order chi connectivity index (χ1) is 9.39. The number of halogens is 3. The van der Waals surface area contributed by atoms with Crippen molar-refractivity contribution < 1.29 is 17.9 Å². The van der Waals surface area contributed by atoms with Crippen molar-refractivity contribution in [2.45, 2.75) is 13.3 Å². The molecule has 1 heterocycles. The second kappa shape index (κ2) is 5.36. The highest BCUT2D eigenvalue weighted by atomic mass is 19.4. The zero-order valence-electron chi connectivity index (χ0n) is 10.8.